The Labute approximate surface area is 49.9 Å². The Balaban J connectivity index is 0.000000222. The third-order valence-electron chi connectivity index (χ3n) is 0.549. The van der Waals surface area contributed by atoms with Crippen LogP contribution in [0, 0.1) is 0 Å². The van der Waals surface area contributed by atoms with E-state index < -0.39 is 0 Å². The van der Waals surface area contributed by atoms with Crippen molar-refractivity contribution in [1.82, 2.24) is 10.6 Å². The first kappa shape index (κ1) is 7.30. The van der Waals surface area contributed by atoms with Gasteiger partial charge in [0.2, 0.25) is 0 Å². The smallest absolute Gasteiger partial charge is 0.131 e. The highest BCUT2D eigenvalue weighted by molar-refractivity contribution is 4.71. The predicted molar refractivity (Wildman–Crippen MR) is 32.5 cm³/mol. The van der Waals surface area contributed by atoms with Gasteiger partial charge in [-0.25, -0.2) is 0 Å². The summed E-state index contributed by atoms with van der Waals surface area (Å²) in [6, 6.07) is 0. The van der Waals surface area contributed by atoms with E-state index >= 15 is 0 Å². The average molecular weight is 116 g/mol. The molecular formula is C5H12N2O. The van der Waals surface area contributed by atoms with Crippen molar-refractivity contribution >= 4 is 0 Å². The highest BCUT2D eigenvalue weighted by atomic mass is 16.7. The Morgan fingerprint density at radius 1 is 1.50 bits per heavy atom. The third-order valence-corrected chi connectivity index (χ3v) is 0.549. The molecule has 0 bridgehead atoms. The molecule has 1 rings (SSSR count). The summed E-state index contributed by atoms with van der Waals surface area (Å²) in [6.45, 7) is 4.00. The fourth-order valence-electron chi connectivity index (χ4n) is 0.266. The minimum atomic E-state index is 1.57. The van der Waals surface area contributed by atoms with Crippen LogP contribution in [-0.4, -0.2) is 12.1 Å². The molecule has 1 N–H and O–H groups in total. The lowest BCUT2D eigenvalue weighted by Gasteiger charge is -2.02. The van der Waals surface area contributed by atoms with Gasteiger partial charge < -0.3 is 4.84 Å². The number of nitrogens with one attached hydrogen (secondary N) is 1. The second-order valence-corrected chi connectivity index (χ2v) is 1.11. The van der Waals surface area contributed by atoms with Crippen molar-refractivity contribution in [2.45, 2.75) is 13.8 Å². The first-order valence-electron chi connectivity index (χ1n) is 2.70. The van der Waals surface area contributed by atoms with E-state index in [1.54, 1.807) is 17.5 Å². The lowest BCUT2D eigenvalue weighted by Crippen LogP contribution is -2.21. The molecule has 3 nitrogen and oxygen atoms in total. The predicted octanol–water partition coefficient (Wildman–Crippen LogP) is 0.865. The molecule has 0 aliphatic carbocycles. The number of rotatable bonds is 0. The van der Waals surface area contributed by atoms with Crippen LogP contribution in [0.15, 0.2) is 12.5 Å². The van der Waals surface area contributed by atoms with Crippen LogP contribution in [0.4, 0.5) is 0 Å². The minimum Gasteiger partial charge on any atom is -0.395 e. The Morgan fingerprint density at radius 2 is 2.12 bits per heavy atom. The summed E-state index contributed by atoms with van der Waals surface area (Å²) in [7, 11) is 1.85. The van der Waals surface area contributed by atoms with Gasteiger partial charge in [0.25, 0.3) is 0 Å². The highest BCUT2D eigenvalue weighted by Gasteiger charge is 1.91. The molecule has 0 unspecified atom stereocenters. The van der Waals surface area contributed by atoms with Crippen molar-refractivity contribution < 1.29 is 4.84 Å². The maximum Gasteiger partial charge on any atom is 0.131 e. The van der Waals surface area contributed by atoms with Gasteiger partial charge in [-0.3, -0.25) is 5.01 Å². The van der Waals surface area contributed by atoms with Gasteiger partial charge in [-0.1, -0.05) is 19.4 Å². The van der Waals surface area contributed by atoms with Crippen LogP contribution in [0.5, 0.6) is 0 Å². The molecule has 0 aromatic rings. The molecule has 1 aliphatic heterocycles. The van der Waals surface area contributed by atoms with Crippen LogP contribution in [0.25, 0.3) is 0 Å². The molecule has 0 aromatic carbocycles. The van der Waals surface area contributed by atoms with Gasteiger partial charge in [-0.05, 0) is 0 Å². The fourth-order valence-corrected chi connectivity index (χ4v) is 0.266. The van der Waals surface area contributed by atoms with Crippen molar-refractivity contribution in [2.75, 3.05) is 7.05 Å². The van der Waals surface area contributed by atoms with Gasteiger partial charge >= 0.3 is 0 Å². The second-order valence-electron chi connectivity index (χ2n) is 1.11. The monoisotopic (exact) mass is 116 g/mol. The molecule has 0 atom stereocenters. The maximum atomic E-state index is 4.55. The van der Waals surface area contributed by atoms with Crippen molar-refractivity contribution in [2.24, 2.45) is 0 Å². The van der Waals surface area contributed by atoms with Crippen LogP contribution < -0.4 is 5.59 Å². The van der Waals surface area contributed by atoms with Crippen LogP contribution in [0.1, 0.15) is 13.8 Å². The van der Waals surface area contributed by atoms with Crippen molar-refractivity contribution in [1.29, 1.82) is 0 Å². The summed E-state index contributed by atoms with van der Waals surface area (Å²) in [4.78, 5) is 4.55. The van der Waals surface area contributed by atoms with Gasteiger partial charge in [0.15, 0.2) is 0 Å². The number of hydrogen-bond acceptors (Lipinski definition) is 3. The quantitative estimate of drug-likeness (QED) is 0.508. The molecule has 0 spiro atoms. The third kappa shape index (κ3) is 2.47. The molecule has 0 aromatic heterocycles. The van der Waals surface area contributed by atoms with E-state index in [0.717, 1.165) is 0 Å². The van der Waals surface area contributed by atoms with Gasteiger partial charge in [-0.2, -0.15) is 0 Å². The summed E-state index contributed by atoms with van der Waals surface area (Å²) in [5.74, 6) is 0. The van der Waals surface area contributed by atoms with Crippen molar-refractivity contribution in [3.05, 3.63) is 12.5 Å². The molecule has 0 radical (unpaired) electrons. The van der Waals surface area contributed by atoms with Gasteiger partial charge in [0, 0.05) is 7.05 Å². The van der Waals surface area contributed by atoms with E-state index in [4.69, 9.17) is 0 Å². The lowest BCUT2D eigenvalue weighted by atomic mass is 10.9. The zero-order chi connectivity index (χ0) is 6.41. The number of hydrogen-bond donors (Lipinski definition) is 1. The van der Waals surface area contributed by atoms with Crippen LogP contribution >= 0.6 is 0 Å². The molecule has 1 aliphatic rings. The molecule has 0 amide bonds. The standard InChI is InChI=1S/C3H6N2O.C2H6/c1-5-2-3-6-4-5;1-2/h2-4H,1H3;1-2H3. The fraction of sp³-hybridized carbons (Fsp3) is 0.600. The first-order valence-corrected chi connectivity index (χ1v) is 2.70. The SMILES string of the molecule is CC.CN1C=CON1. The molecule has 8 heavy (non-hydrogen) atoms. The molecular weight excluding hydrogens is 104 g/mol. The molecule has 3 heteroatoms. The Bertz CT molecular complexity index is 72.8. The van der Waals surface area contributed by atoms with Crippen LogP contribution in [-0.2, 0) is 4.84 Å². The van der Waals surface area contributed by atoms with E-state index in [0.29, 0.717) is 0 Å². The Hall–Kier alpha value is -0.700. The van der Waals surface area contributed by atoms with E-state index in [1.165, 1.54) is 0 Å². The van der Waals surface area contributed by atoms with Crippen molar-refractivity contribution in [3.63, 3.8) is 0 Å². The minimum absolute atomic E-state index is 1.57. The summed E-state index contributed by atoms with van der Waals surface area (Å²) in [5.41, 5.74) is 2.54. The molecule has 0 saturated carbocycles. The topological polar surface area (TPSA) is 24.5 Å². The van der Waals surface area contributed by atoms with Crippen LogP contribution in [0.3, 0.4) is 0 Å². The second kappa shape index (κ2) is 4.46. The molecule has 0 fully saturated rings. The van der Waals surface area contributed by atoms with E-state index in [1.807, 2.05) is 20.9 Å². The lowest BCUT2D eigenvalue weighted by molar-refractivity contribution is 0.0522. The van der Waals surface area contributed by atoms with Crippen molar-refractivity contribution in [3.8, 4) is 0 Å². The summed E-state index contributed by atoms with van der Waals surface area (Å²) in [5, 5.41) is 1.71. The Morgan fingerprint density at radius 3 is 2.25 bits per heavy atom. The van der Waals surface area contributed by atoms with Crippen LogP contribution in [0.2, 0.25) is 0 Å². The zero-order valence-corrected chi connectivity index (χ0v) is 5.51. The van der Waals surface area contributed by atoms with Gasteiger partial charge in [0.05, 0.1) is 6.20 Å². The number of nitrogens with zero attached hydrogens (tertiary/aromatic N) is 1. The normalized spacial score (nSPS) is 14.6. The van der Waals surface area contributed by atoms with Gasteiger partial charge in [0.1, 0.15) is 6.26 Å². The highest BCUT2D eigenvalue weighted by Crippen LogP contribution is 1.85. The largest absolute Gasteiger partial charge is 0.395 e. The average Bonchev–Trinajstić information content (AvgIpc) is 2.24. The summed E-state index contributed by atoms with van der Waals surface area (Å²) in [6.07, 6.45) is 3.35. The van der Waals surface area contributed by atoms with E-state index in [9.17, 15) is 0 Å². The van der Waals surface area contributed by atoms with E-state index in [-0.39, 0.29) is 0 Å². The zero-order valence-electron chi connectivity index (χ0n) is 5.51. The molecule has 48 valence electrons. The number of hydrazine groups is 1. The maximum absolute atomic E-state index is 4.55. The molecule has 0 saturated heterocycles. The summed E-state index contributed by atoms with van der Waals surface area (Å²) >= 11 is 0. The van der Waals surface area contributed by atoms with Gasteiger partial charge in [-0.15, -0.1) is 0 Å². The first-order chi connectivity index (χ1) is 3.89. The van der Waals surface area contributed by atoms with E-state index in [2.05, 4.69) is 10.4 Å². The summed E-state index contributed by atoms with van der Waals surface area (Å²) < 4.78 is 0. The Kier molecular flexibility index (Phi) is 4.07. The molecule has 1 heterocycles.